The number of aromatic nitrogens is 2. The molecular weight excluding hydrogens is 490 g/mol. The first kappa shape index (κ1) is 25.9. The molecule has 2 amide bonds. The van der Waals surface area contributed by atoms with Crippen molar-refractivity contribution >= 4 is 46.0 Å². The van der Waals surface area contributed by atoms with Crippen LogP contribution in [0.1, 0.15) is 41.4 Å². The van der Waals surface area contributed by atoms with Crippen molar-refractivity contribution in [2.45, 2.75) is 26.4 Å². The number of hydrogen-bond donors (Lipinski definition) is 2. The average Bonchev–Trinajstić information content (AvgIpc) is 2.96. The molecule has 2 aromatic heterocycles. The molecule has 1 unspecified atom stereocenters. The number of carbonyl (C=O) groups is 2. The highest BCUT2D eigenvalue weighted by Crippen LogP contribution is 2.30. The standard InChI is InChI=1S/C31H31N5O3/c1-3-22-11-12-24-17-26(35-31(38)39-20-23-9-5-4-6-10-23)29(33-25(24)16-22)30(37)34-27-18-32-14-13-28(27)36-15-7-8-21(2)19-36/h3-6,9-14,16-18,21H,1,7-8,15,19-20H2,2H3,(H,34,37)(H,35,38). The van der Waals surface area contributed by atoms with Crippen LogP contribution in [0.5, 0.6) is 0 Å². The highest BCUT2D eigenvalue weighted by atomic mass is 16.5. The molecule has 2 N–H and O–H groups in total. The summed E-state index contributed by atoms with van der Waals surface area (Å²) in [6, 6.07) is 18.6. The van der Waals surface area contributed by atoms with Crippen molar-refractivity contribution in [2.24, 2.45) is 5.92 Å². The van der Waals surface area contributed by atoms with Crippen LogP contribution in [0.4, 0.5) is 21.9 Å². The highest BCUT2D eigenvalue weighted by molar-refractivity contribution is 6.11. The number of amides is 2. The van der Waals surface area contributed by atoms with Crippen molar-refractivity contribution in [3.05, 3.63) is 96.5 Å². The Morgan fingerprint density at radius 1 is 1.10 bits per heavy atom. The zero-order valence-corrected chi connectivity index (χ0v) is 21.9. The molecular formula is C31H31N5O3. The molecule has 5 rings (SSSR count). The molecule has 1 aliphatic heterocycles. The summed E-state index contributed by atoms with van der Waals surface area (Å²) in [6.45, 7) is 7.98. The lowest BCUT2D eigenvalue weighted by atomic mass is 10.00. The Bertz CT molecular complexity index is 1510. The fraction of sp³-hybridized carbons (Fsp3) is 0.226. The van der Waals surface area contributed by atoms with E-state index >= 15 is 0 Å². The molecule has 198 valence electrons. The number of anilines is 3. The summed E-state index contributed by atoms with van der Waals surface area (Å²) in [4.78, 5) is 37.5. The first-order valence-electron chi connectivity index (χ1n) is 13.1. The summed E-state index contributed by atoms with van der Waals surface area (Å²) >= 11 is 0. The number of nitrogens with one attached hydrogen (secondary N) is 2. The number of pyridine rings is 2. The van der Waals surface area contributed by atoms with Gasteiger partial charge in [0.2, 0.25) is 0 Å². The molecule has 0 bridgehead atoms. The summed E-state index contributed by atoms with van der Waals surface area (Å²) < 4.78 is 5.40. The van der Waals surface area contributed by atoms with Crippen LogP contribution >= 0.6 is 0 Å². The number of benzene rings is 2. The Morgan fingerprint density at radius 2 is 1.95 bits per heavy atom. The van der Waals surface area contributed by atoms with Gasteiger partial charge in [-0.1, -0.05) is 62.0 Å². The van der Waals surface area contributed by atoms with Gasteiger partial charge < -0.3 is 15.0 Å². The number of nitrogens with zero attached hydrogens (tertiary/aromatic N) is 3. The van der Waals surface area contributed by atoms with Crippen molar-refractivity contribution in [3.8, 4) is 0 Å². The van der Waals surface area contributed by atoms with Gasteiger partial charge in [-0.3, -0.25) is 15.1 Å². The molecule has 0 spiro atoms. The largest absolute Gasteiger partial charge is 0.444 e. The molecule has 0 radical (unpaired) electrons. The second-order valence-corrected chi connectivity index (χ2v) is 9.77. The van der Waals surface area contributed by atoms with Gasteiger partial charge in [0, 0.05) is 24.7 Å². The molecule has 1 fully saturated rings. The first-order valence-corrected chi connectivity index (χ1v) is 13.1. The summed E-state index contributed by atoms with van der Waals surface area (Å²) in [7, 11) is 0. The van der Waals surface area contributed by atoms with E-state index in [4.69, 9.17) is 4.74 Å². The predicted octanol–water partition coefficient (Wildman–Crippen LogP) is 6.51. The van der Waals surface area contributed by atoms with E-state index in [1.807, 2.05) is 54.6 Å². The fourth-order valence-electron chi connectivity index (χ4n) is 4.80. The van der Waals surface area contributed by atoms with E-state index < -0.39 is 12.0 Å². The van der Waals surface area contributed by atoms with Crippen molar-refractivity contribution in [1.82, 2.24) is 9.97 Å². The normalized spacial score (nSPS) is 15.0. The van der Waals surface area contributed by atoms with E-state index in [1.165, 1.54) is 6.42 Å². The topological polar surface area (TPSA) is 96.4 Å². The van der Waals surface area contributed by atoms with E-state index in [0.717, 1.165) is 41.7 Å². The SMILES string of the molecule is C=Cc1ccc2cc(NC(=O)OCc3ccccc3)c(C(=O)Nc3cnccc3N3CCCC(C)C3)nc2c1. The van der Waals surface area contributed by atoms with E-state index in [-0.39, 0.29) is 18.0 Å². The number of piperidine rings is 1. The van der Waals surface area contributed by atoms with Crippen LogP contribution in [0, 0.1) is 5.92 Å². The second kappa shape index (κ2) is 11.8. The summed E-state index contributed by atoms with van der Waals surface area (Å²) in [6.07, 6.45) is 6.69. The van der Waals surface area contributed by atoms with Crippen molar-refractivity contribution in [1.29, 1.82) is 0 Å². The Balaban J connectivity index is 1.43. The monoisotopic (exact) mass is 521 g/mol. The van der Waals surface area contributed by atoms with Gasteiger partial charge in [-0.2, -0.15) is 0 Å². The molecule has 1 atom stereocenters. The molecule has 39 heavy (non-hydrogen) atoms. The van der Waals surface area contributed by atoms with Crippen molar-refractivity contribution < 1.29 is 14.3 Å². The van der Waals surface area contributed by atoms with Crippen LogP contribution in [0.25, 0.3) is 17.0 Å². The number of carbonyl (C=O) groups excluding carboxylic acids is 2. The summed E-state index contributed by atoms with van der Waals surface area (Å²) in [5.74, 6) is 0.105. The zero-order valence-electron chi connectivity index (χ0n) is 21.9. The number of fused-ring (bicyclic) bond motifs is 1. The molecule has 4 aromatic rings. The van der Waals surface area contributed by atoms with Crippen LogP contribution in [-0.4, -0.2) is 35.1 Å². The van der Waals surface area contributed by atoms with Gasteiger partial charge in [0.1, 0.15) is 6.61 Å². The highest BCUT2D eigenvalue weighted by Gasteiger charge is 2.22. The Morgan fingerprint density at radius 3 is 2.74 bits per heavy atom. The number of ether oxygens (including phenoxy) is 1. The minimum Gasteiger partial charge on any atom is -0.444 e. The first-order chi connectivity index (χ1) is 19.0. The lowest BCUT2D eigenvalue weighted by molar-refractivity contribution is 0.102. The number of hydrogen-bond acceptors (Lipinski definition) is 6. The minimum atomic E-state index is -0.680. The number of rotatable bonds is 7. The molecule has 2 aromatic carbocycles. The third-order valence-corrected chi connectivity index (χ3v) is 6.79. The smallest absolute Gasteiger partial charge is 0.412 e. The maximum absolute atomic E-state index is 13.7. The van der Waals surface area contributed by atoms with E-state index in [0.29, 0.717) is 17.1 Å². The van der Waals surface area contributed by atoms with Gasteiger partial charge >= 0.3 is 6.09 Å². The maximum Gasteiger partial charge on any atom is 0.412 e. The molecule has 3 heterocycles. The predicted molar refractivity (Wildman–Crippen MR) is 155 cm³/mol. The quantitative estimate of drug-likeness (QED) is 0.288. The minimum absolute atomic E-state index is 0.0715. The Kier molecular flexibility index (Phi) is 7.82. The summed E-state index contributed by atoms with van der Waals surface area (Å²) in [5.41, 5.74) is 4.17. The Labute approximate surface area is 227 Å². The van der Waals surface area contributed by atoms with Crippen molar-refractivity contribution in [2.75, 3.05) is 28.6 Å². The van der Waals surface area contributed by atoms with E-state index in [9.17, 15) is 9.59 Å². The molecule has 1 aliphatic rings. The van der Waals surface area contributed by atoms with Gasteiger partial charge in [-0.05, 0) is 48.1 Å². The van der Waals surface area contributed by atoms with E-state index in [2.05, 4.69) is 39.0 Å². The molecule has 1 saturated heterocycles. The van der Waals surface area contributed by atoms with Gasteiger partial charge in [0.25, 0.3) is 5.91 Å². The third kappa shape index (κ3) is 6.23. The van der Waals surface area contributed by atoms with Gasteiger partial charge in [-0.25, -0.2) is 9.78 Å². The average molecular weight is 522 g/mol. The maximum atomic E-state index is 13.7. The zero-order chi connectivity index (χ0) is 27.2. The van der Waals surface area contributed by atoms with Gasteiger partial charge in [0.05, 0.1) is 28.8 Å². The molecule has 8 nitrogen and oxygen atoms in total. The van der Waals surface area contributed by atoms with Gasteiger partial charge in [0.15, 0.2) is 5.69 Å². The second-order valence-electron chi connectivity index (χ2n) is 9.77. The van der Waals surface area contributed by atoms with Crippen LogP contribution in [0.2, 0.25) is 0 Å². The van der Waals surface area contributed by atoms with Gasteiger partial charge in [-0.15, -0.1) is 0 Å². The van der Waals surface area contributed by atoms with Crippen LogP contribution in [0.3, 0.4) is 0 Å². The fourth-order valence-corrected chi connectivity index (χ4v) is 4.80. The molecule has 0 aliphatic carbocycles. The lowest BCUT2D eigenvalue weighted by Gasteiger charge is -2.33. The lowest BCUT2D eigenvalue weighted by Crippen LogP contribution is -2.35. The Hall–Kier alpha value is -4.72. The van der Waals surface area contributed by atoms with Crippen LogP contribution < -0.4 is 15.5 Å². The third-order valence-electron chi connectivity index (χ3n) is 6.79. The molecule has 8 heteroatoms. The van der Waals surface area contributed by atoms with Crippen LogP contribution in [-0.2, 0) is 11.3 Å². The summed E-state index contributed by atoms with van der Waals surface area (Å²) in [5, 5.41) is 6.47. The van der Waals surface area contributed by atoms with Crippen LogP contribution in [0.15, 0.2) is 79.6 Å². The molecule has 0 saturated carbocycles. The van der Waals surface area contributed by atoms with Crippen molar-refractivity contribution in [3.63, 3.8) is 0 Å². The van der Waals surface area contributed by atoms with E-state index in [1.54, 1.807) is 24.5 Å².